The Balaban J connectivity index is 1.60. The number of nitrogen functional groups attached to an aromatic ring is 1. The molecular weight excluding hydrogens is 463 g/mol. The second-order valence-corrected chi connectivity index (χ2v) is 8.27. The van der Waals surface area contributed by atoms with Gasteiger partial charge in [0.25, 0.3) is 5.88 Å². The molecular formula is C26H23FN6O3. The number of ether oxygens (including phenoxy) is 2. The van der Waals surface area contributed by atoms with Crippen LogP contribution < -0.4 is 10.5 Å². The fourth-order valence-electron chi connectivity index (χ4n) is 4.40. The summed E-state index contributed by atoms with van der Waals surface area (Å²) in [5, 5.41) is 0. The maximum absolute atomic E-state index is 14.0. The summed E-state index contributed by atoms with van der Waals surface area (Å²) in [4.78, 5) is 27.1. The van der Waals surface area contributed by atoms with Gasteiger partial charge in [0.1, 0.15) is 0 Å². The third-order valence-corrected chi connectivity index (χ3v) is 6.10. The van der Waals surface area contributed by atoms with E-state index in [1.54, 1.807) is 21.6 Å². The summed E-state index contributed by atoms with van der Waals surface area (Å²) >= 11 is 0. The molecule has 1 unspecified atom stereocenters. The Morgan fingerprint density at radius 3 is 2.94 bits per heavy atom. The van der Waals surface area contributed by atoms with Gasteiger partial charge in [-0.15, -0.1) is 0 Å². The van der Waals surface area contributed by atoms with E-state index in [2.05, 4.69) is 28.0 Å². The van der Waals surface area contributed by atoms with Gasteiger partial charge in [0.15, 0.2) is 17.4 Å². The predicted molar refractivity (Wildman–Crippen MR) is 130 cm³/mol. The number of carbonyl (C=O) groups excluding carboxylic acids is 1. The number of amides is 1. The van der Waals surface area contributed by atoms with Crippen LogP contribution in [0.3, 0.4) is 0 Å². The molecule has 2 aliphatic rings. The summed E-state index contributed by atoms with van der Waals surface area (Å²) in [5.74, 6) is 0.238. The SMILES string of the molecule is C=CC(=O)N1CCCC(c2nc(C3=C=C=C(Oc4ncccc4F)C(OC)=C3)n3c(N)nccc23)C1. The van der Waals surface area contributed by atoms with Crippen LogP contribution in [-0.4, -0.2) is 50.4 Å². The molecule has 3 aromatic heterocycles. The van der Waals surface area contributed by atoms with Gasteiger partial charge < -0.3 is 20.1 Å². The number of fused-ring (bicyclic) bond motifs is 1. The Kier molecular flexibility index (Phi) is 6.12. The van der Waals surface area contributed by atoms with E-state index in [-0.39, 0.29) is 35.2 Å². The largest absolute Gasteiger partial charge is 0.492 e. The number of allylic oxidation sites excluding steroid dienone is 2. The lowest BCUT2D eigenvalue weighted by atomic mass is 9.94. The molecule has 9 nitrogen and oxygen atoms in total. The van der Waals surface area contributed by atoms with Crippen molar-refractivity contribution >= 4 is 22.9 Å². The van der Waals surface area contributed by atoms with E-state index in [1.165, 1.54) is 31.5 Å². The van der Waals surface area contributed by atoms with Crippen LogP contribution in [0.15, 0.2) is 72.3 Å². The van der Waals surface area contributed by atoms with Crippen molar-refractivity contribution in [1.29, 1.82) is 0 Å². The summed E-state index contributed by atoms with van der Waals surface area (Å²) < 4.78 is 26.8. The van der Waals surface area contributed by atoms with Crippen LogP contribution in [0.5, 0.6) is 5.88 Å². The molecule has 3 aromatic rings. The topological polar surface area (TPSA) is 108 Å². The van der Waals surface area contributed by atoms with E-state index in [0.717, 1.165) is 24.1 Å². The fraction of sp³-hybridized carbons (Fsp3) is 0.231. The molecule has 0 aromatic carbocycles. The van der Waals surface area contributed by atoms with E-state index in [4.69, 9.17) is 20.2 Å². The second kappa shape index (κ2) is 9.54. The van der Waals surface area contributed by atoms with Crippen molar-refractivity contribution in [1.82, 2.24) is 24.3 Å². The number of carbonyl (C=O) groups is 1. The number of imidazole rings is 1. The lowest BCUT2D eigenvalue weighted by Crippen LogP contribution is -2.38. The number of likely N-dealkylation sites (tertiary alicyclic amines) is 1. The molecule has 1 saturated heterocycles. The summed E-state index contributed by atoms with van der Waals surface area (Å²) in [6.45, 7) is 4.81. The summed E-state index contributed by atoms with van der Waals surface area (Å²) in [5.41, 5.74) is 14.3. The Morgan fingerprint density at radius 2 is 2.17 bits per heavy atom. The van der Waals surface area contributed by atoms with E-state index < -0.39 is 5.82 Å². The van der Waals surface area contributed by atoms with Gasteiger partial charge in [-0.2, -0.15) is 0 Å². The number of methoxy groups -OCH3 is 1. The molecule has 182 valence electrons. The zero-order valence-electron chi connectivity index (χ0n) is 19.6. The number of anilines is 1. The smallest absolute Gasteiger partial charge is 0.256 e. The minimum atomic E-state index is -0.615. The quantitative estimate of drug-likeness (QED) is 0.420. The van der Waals surface area contributed by atoms with E-state index in [0.29, 0.717) is 24.5 Å². The third-order valence-electron chi connectivity index (χ3n) is 6.10. The number of hydrogen-bond acceptors (Lipinski definition) is 7. The van der Waals surface area contributed by atoms with Crippen molar-refractivity contribution < 1.29 is 18.7 Å². The van der Waals surface area contributed by atoms with Gasteiger partial charge in [-0.3, -0.25) is 9.20 Å². The number of nitrogens with two attached hydrogens (primary N) is 1. The maximum atomic E-state index is 14.0. The number of nitrogens with zero attached hydrogens (tertiary/aromatic N) is 5. The van der Waals surface area contributed by atoms with Crippen LogP contribution in [0.4, 0.5) is 10.3 Å². The molecule has 0 bridgehead atoms. The van der Waals surface area contributed by atoms with Crippen LogP contribution in [-0.2, 0) is 9.53 Å². The highest BCUT2D eigenvalue weighted by Gasteiger charge is 2.29. The zero-order chi connectivity index (χ0) is 25.2. The number of piperidine rings is 1. The van der Waals surface area contributed by atoms with Crippen LogP contribution in [0.2, 0.25) is 0 Å². The van der Waals surface area contributed by atoms with E-state index >= 15 is 0 Å². The molecule has 0 saturated carbocycles. The maximum Gasteiger partial charge on any atom is 0.256 e. The van der Waals surface area contributed by atoms with Crippen molar-refractivity contribution in [3.05, 3.63) is 89.6 Å². The molecule has 1 aliphatic heterocycles. The molecule has 0 radical (unpaired) electrons. The first-order valence-electron chi connectivity index (χ1n) is 11.3. The number of hydrogen-bond donors (Lipinski definition) is 1. The molecule has 4 heterocycles. The number of rotatable bonds is 6. The normalized spacial score (nSPS) is 17.3. The highest BCUT2D eigenvalue weighted by atomic mass is 19.1. The van der Waals surface area contributed by atoms with Gasteiger partial charge in [0.2, 0.25) is 17.6 Å². The molecule has 5 rings (SSSR count). The Morgan fingerprint density at radius 1 is 1.31 bits per heavy atom. The van der Waals surface area contributed by atoms with Crippen molar-refractivity contribution in [3.63, 3.8) is 0 Å². The van der Waals surface area contributed by atoms with E-state index in [1.807, 2.05) is 6.07 Å². The second-order valence-electron chi connectivity index (χ2n) is 8.27. The minimum Gasteiger partial charge on any atom is -0.492 e. The Bertz CT molecular complexity index is 1510. The zero-order valence-corrected chi connectivity index (χ0v) is 19.6. The predicted octanol–water partition coefficient (Wildman–Crippen LogP) is 3.38. The van der Waals surface area contributed by atoms with Crippen LogP contribution in [0, 0.1) is 5.82 Å². The van der Waals surface area contributed by atoms with Gasteiger partial charge in [0.05, 0.1) is 23.9 Å². The van der Waals surface area contributed by atoms with Crippen molar-refractivity contribution in [2.24, 2.45) is 0 Å². The van der Waals surface area contributed by atoms with Crippen LogP contribution in [0.1, 0.15) is 30.3 Å². The molecule has 1 amide bonds. The van der Waals surface area contributed by atoms with Gasteiger partial charge in [0, 0.05) is 37.5 Å². The Hall–Kier alpha value is -4.65. The van der Waals surface area contributed by atoms with Gasteiger partial charge in [-0.1, -0.05) is 12.3 Å². The third kappa shape index (κ3) is 4.15. The van der Waals surface area contributed by atoms with Crippen molar-refractivity contribution in [2.45, 2.75) is 18.8 Å². The first-order chi connectivity index (χ1) is 17.5. The molecule has 1 aliphatic carbocycles. The molecule has 10 heteroatoms. The first-order valence-corrected chi connectivity index (χ1v) is 11.3. The average molecular weight is 487 g/mol. The lowest BCUT2D eigenvalue weighted by molar-refractivity contribution is -0.127. The molecule has 0 spiro atoms. The summed E-state index contributed by atoms with van der Waals surface area (Å²) in [6, 6.07) is 4.56. The lowest BCUT2D eigenvalue weighted by Gasteiger charge is -2.31. The summed E-state index contributed by atoms with van der Waals surface area (Å²) in [7, 11) is 1.47. The Labute approximate surface area is 206 Å². The summed E-state index contributed by atoms with van der Waals surface area (Å²) in [6.07, 6.45) is 7.76. The van der Waals surface area contributed by atoms with Crippen LogP contribution in [0.25, 0.3) is 11.1 Å². The average Bonchev–Trinajstić information content (AvgIpc) is 3.31. The fourth-order valence-corrected chi connectivity index (χ4v) is 4.40. The van der Waals surface area contributed by atoms with Gasteiger partial charge >= 0.3 is 0 Å². The van der Waals surface area contributed by atoms with Gasteiger partial charge in [-0.25, -0.2) is 19.3 Å². The highest BCUT2D eigenvalue weighted by molar-refractivity contribution is 5.87. The molecule has 36 heavy (non-hydrogen) atoms. The number of aromatic nitrogens is 4. The number of halogens is 1. The highest BCUT2D eigenvalue weighted by Crippen LogP contribution is 2.33. The van der Waals surface area contributed by atoms with Gasteiger partial charge in [-0.05, 0) is 42.8 Å². The van der Waals surface area contributed by atoms with Crippen LogP contribution >= 0.6 is 0 Å². The molecule has 1 atom stereocenters. The number of pyridine rings is 1. The standard InChI is InChI=1S/C26H23FN6O3/c1-3-22(34)32-13-5-6-17(15-32)23-19-10-12-30-26(28)33(19)24(31-23)16-8-9-20(21(14-16)35-2)36-25-18(27)7-4-11-29-25/h3-4,7,10-12,14,17H,1,5-6,13,15H2,2H3,(H2,28,30). The van der Waals surface area contributed by atoms with Crippen molar-refractivity contribution in [2.75, 3.05) is 25.9 Å². The minimum absolute atomic E-state index is 0.00816. The van der Waals surface area contributed by atoms with E-state index in [9.17, 15) is 9.18 Å². The molecule has 2 N–H and O–H groups in total. The monoisotopic (exact) mass is 486 g/mol. The molecule has 1 fully saturated rings. The van der Waals surface area contributed by atoms with Crippen molar-refractivity contribution in [3.8, 4) is 5.88 Å². The first kappa shape index (κ1) is 23.1.